The van der Waals surface area contributed by atoms with Crippen molar-refractivity contribution < 1.29 is 4.42 Å². The summed E-state index contributed by atoms with van der Waals surface area (Å²) in [5.74, 6) is 0.656. The third-order valence-electron chi connectivity index (χ3n) is 11.8. The van der Waals surface area contributed by atoms with Crippen LogP contribution in [0.2, 0.25) is 0 Å². The molecule has 0 radical (unpaired) electrons. The molecule has 5 heteroatoms. The SMILES string of the molecule is CC1(C)c2ccccc2-c2ccc3c(sc4c3c3ccccc3n4-c3cc(-c4ccccc4)cc(-c4nc(-c5ccccc5)c5oc6ccccc6c5n4)c3)c21. The van der Waals surface area contributed by atoms with Crippen LogP contribution in [0.3, 0.4) is 0 Å². The van der Waals surface area contributed by atoms with Gasteiger partial charge < -0.3 is 8.98 Å². The van der Waals surface area contributed by atoms with E-state index in [4.69, 9.17) is 14.4 Å². The van der Waals surface area contributed by atoms with Crippen molar-refractivity contribution in [1.82, 2.24) is 14.5 Å². The van der Waals surface area contributed by atoms with Crippen LogP contribution >= 0.6 is 11.3 Å². The van der Waals surface area contributed by atoms with Crippen molar-refractivity contribution in [3.8, 4) is 50.6 Å². The molecule has 0 amide bonds. The first kappa shape index (κ1) is 31.5. The Morgan fingerprint density at radius 1 is 0.571 bits per heavy atom. The van der Waals surface area contributed by atoms with E-state index < -0.39 is 0 Å². The predicted molar refractivity (Wildman–Crippen MR) is 233 cm³/mol. The Kier molecular flexibility index (Phi) is 6.53. The van der Waals surface area contributed by atoms with Crippen LogP contribution in [0.15, 0.2) is 168 Å². The highest BCUT2D eigenvalue weighted by molar-refractivity contribution is 7.26. The van der Waals surface area contributed by atoms with E-state index >= 15 is 0 Å². The average Bonchev–Trinajstić information content (AvgIpc) is 3.97. The van der Waals surface area contributed by atoms with Crippen LogP contribution in [0.4, 0.5) is 0 Å². The summed E-state index contributed by atoms with van der Waals surface area (Å²) in [6.45, 7) is 4.76. The van der Waals surface area contributed by atoms with E-state index in [0.717, 1.165) is 50.1 Å². The molecule has 1 aliphatic rings. The molecule has 0 N–H and O–H groups in total. The van der Waals surface area contributed by atoms with Gasteiger partial charge in [-0.1, -0.05) is 141 Å². The molecule has 264 valence electrons. The Balaban J connectivity index is 1.16. The molecule has 0 unspecified atom stereocenters. The molecule has 12 rings (SSSR count). The number of nitrogens with zero attached hydrogens (tertiary/aromatic N) is 3. The molecule has 1 aliphatic carbocycles. The van der Waals surface area contributed by atoms with E-state index in [2.05, 4.69) is 146 Å². The summed E-state index contributed by atoms with van der Waals surface area (Å²) < 4.78 is 10.3. The highest BCUT2D eigenvalue weighted by Gasteiger charge is 2.38. The summed E-state index contributed by atoms with van der Waals surface area (Å²) in [4.78, 5) is 11.9. The van der Waals surface area contributed by atoms with Gasteiger partial charge in [0.2, 0.25) is 0 Å². The van der Waals surface area contributed by atoms with Gasteiger partial charge in [-0.3, -0.25) is 0 Å². The van der Waals surface area contributed by atoms with Crippen LogP contribution in [0.5, 0.6) is 0 Å². The molecular formula is C51H33N3OS. The molecule has 4 heterocycles. The normalized spacial score (nSPS) is 13.3. The molecule has 4 aromatic heterocycles. The molecule has 0 bridgehead atoms. The van der Waals surface area contributed by atoms with E-state index in [1.165, 1.54) is 53.5 Å². The van der Waals surface area contributed by atoms with Crippen molar-refractivity contribution in [3.63, 3.8) is 0 Å². The van der Waals surface area contributed by atoms with E-state index in [-0.39, 0.29) is 5.41 Å². The van der Waals surface area contributed by atoms with Gasteiger partial charge in [0.15, 0.2) is 11.4 Å². The van der Waals surface area contributed by atoms with Gasteiger partial charge in [0.1, 0.15) is 21.6 Å². The van der Waals surface area contributed by atoms with E-state index in [0.29, 0.717) is 11.4 Å². The van der Waals surface area contributed by atoms with Gasteiger partial charge in [-0.2, -0.15) is 0 Å². The lowest BCUT2D eigenvalue weighted by atomic mass is 9.82. The Morgan fingerprint density at radius 3 is 2.11 bits per heavy atom. The lowest BCUT2D eigenvalue weighted by molar-refractivity contribution is 0.667. The Labute approximate surface area is 327 Å². The maximum Gasteiger partial charge on any atom is 0.180 e. The Bertz CT molecular complexity index is 3390. The van der Waals surface area contributed by atoms with E-state index in [1.807, 2.05) is 47.7 Å². The maximum atomic E-state index is 6.47. The van der Waals surface area contributed by atoms with E-state index in [1.54, 1.807) is 0 Å². The number of hydrogen-bond acceptors (Lipinski definition) is 4. The van der Waals surface area contributed by atoms with Gasteiger partial charge in [0, 0.05) is 48.5 Å². The number of hydrogen-bond donors (Lipinski definition) is 0. The number of fused-ring (bicyclic) bond motifs is 12. The van der Waals surface area contributed by atoms with Gasteiger partial charge >= 0.3 is 0 Å². The Morgan fingerprint density at radius 2 is 1.27 bits per heavy atom. The molecule has 0 aliphatic heterocycles. The van der Waals surface area contributed by atoms with E-state index in [9.17, 15) is 0 Å². The lowest BCUT2D eigenvalue weighted by Crippen LogP contribution is -2.14. The van der Waals surface area contributed by atoms with Crippen LogP contribution in [0.1, 0.15) is 25.0 Å². The second kappa shape index (κ2) is 11.6. The second-order valence-electron chi connectivity index (χ2n) is 15.3. The summed E-state index contributed by atoms with van der Waals surface area (Å²) in [5, 5.41) is 4.84. The van der Waals surface area contributed by atoms with Gasteiger partial charge in [-0.15, -0.1) is 11.3 Å². The van der Waals surface area contributed by atoms with Gasteiger partial charge in [-0.25, -0.2) is 9.97 Å². The minimum Gasteiger partial charge on any atom is -0.452 e. The van der Waals surface area contributed by atoms with Crippen LogP contribution in [-0.4, -0.2) is 14.5 Å². The van der Waals surface area contributed by atoms with Crippen LogP contribution in [0.25, 0.3) is 104 Å². The molecule has 0 spiro atoms. The average molecular weight is 736 g/mol. The van der Waals surface area contributed by atoms with Gasteiger partial charge in [-0.05, 0) is 69.8 Å². The highest BCUT2D eigenvalue weighted by Crippen LogP contribution is 2.55. The summed E-state index contributed by atoms with van der Waals surface area (Å²) in [6, 6.07) is 58.4. The number of furan rings is 1. The largest absolute Gasteiger partial charge is 0.452 e. The lowest BCUT2D eigenvalue weighted by Gasteiger charge is -2.22. The van der Waals surface area contributed by atoms with Crippen molar-refractivity contribution in [2.75, 3.05) is 0 Å². The van der Waals surface area contributed by atoms with Crippen LogP contribution in [0, 0.1) is 0 Å². The van der Waals surface area contributed by atoms with Gasteiger partial charge in [0.25, 0.3) is 0 Å². The number of benzene rings is 7. The maximum absolute atomic E-state index is 6.47. The molecule has 4 nitrogen and oxygen atoms in total. The van der Waals surface area contributed by atoms with Crippen molar-refractivity contribution in [1.29, 1.82) is 0 Å². The fourth-order valence-electron chi connectivity index (χ4n) is 9.23. The van der Waals surface area contributed by atoms with Crippen molar-refractivity contribution in [2.45, 2.75) is 19.3 Å². The van der Waals surface area contributed by atoms with Crippen LogP contribution in [-0.2, 0) is 5.41 Å². The minimum absolute atomic E-state index is 0.113. The van der Waals surface area contributed by atoms with Crippen molar-refractivity contribution in [2.24, 2.45) is 0 Å². The third-order valence-corrected chi connectivity index (χ3v) is 13.0. The fraction of sp³-hybridized carbons (Fsp3) is 0.0588. The number of para-hydroxylation sites is 2. The first-order chi connectivity index (χ1) is 27.5. The molecule has 0 fully saturated rings. The number of rotatable bonds is 4. The molecule has 0 saturated carbocycles. The Hall–Kier alpha value is -6.82. The summed E-state index contributed by atoms with van der Waals surface area (Å²) >= 11 is 1.91. The minimum atomic E-state index is -0.113. The third kappa shape index (κ3) is 4.40. The molecule has 7 aromatic carbocycles. The monoisotopic (exact) mass is 735 g/mol. The first-order valence-corrected chi connectivity index (χ1v) is 19.9. The standard InChI is InChI=1S/C51H33N3OS/c1-51(2)40-22-12-9-19-35(40)36-25-26-39-43-37-20-10-13-23-41(37)54(50(43)56-48(39)44(36)51)34-28-32(30-15-5-3-6-16-30)27-33(29-34)49-52-45(31-17-7-4-8-18-31)47-46(53-49)38-21-11-14-24-42(38)55-47/h3-29H,1-2H3. The smallest absolute Gasteiger partial charge is 0.180 e. The number of thiophene rings is 1. The predicted octanol–water partition coefficient (Wildman–Crippen LogP) is 14.0. The fourth-order valence-corrected chi connectivity index (χ4v) is 10.8. The first-order valence-electron chi connectivity index (χ1n) is 19.1. The zero-order valence-electron chi connectivity index (χ0n) is 30.7. The quantitative estimate of drug-likeness (QED) is 0.181. The summed E-state index contributed by atoms with van der Waals surface area (Å²) in [7, 11) is 0. The summed E-state index contributed by atoms with van der Waals surface area (Å²) in [5.41, 5.74) is 14.9. The number of aromatic nitrogens is 3. The molecular weight excluding hydrogens is 703 g/mol. The van der Waals surface area contributed by atoms with Crippen molar-refractivity contribution >= 4 is 64.6 Å². The highest BCUT2D eigenvalue weighted by atomic mass is 32.1. The molecule has 0 saturated heterocycles. The second-order valence-corrected chi connectivity index (χ2v) is 16.3. The molecule has 11 aromatic rings. The van der Waals surface area contributed by atoms with Crippen LogP contribution < -0.4 is 0 Å². The van der Waals surface area contributed by atoms with Gasteiger partial charge in [0.05, 0.1) is 5.52 Å². The van der Waals surface area contributed by atoms with Crippen molar-refractivity contribution in [3.05, 3.63) is 175 Å². The molecule has 56 heavy (non-hydrogen) atoms. The summed E-state index contributed by atoms with van der Waals surface area (Å²) in [6.07, 6.45) is 0. The zero-order valence-corrected chi connectivity index (χ0v) is 31.6. The zero-order chi connectivity index (χ0) is 37.1. The topological polar surface area (TPSA) is 43.9 Å². The molecule has 0 atom stereocenters.